The normalized spacial score (nSPS) is 24.8. The summed E-state index contributed by atoms with van der Waals surface area (Å²) in [5.74, 6) is 0.614. The van der Waals surface area contributed by atoms with Crippen LogP contribution in [0.1, 0.15) is 36.0 Å². The van der Waals surface area contributed by atoms with Crippen LogP contribution in [-0.2, 0) is 10.0 Å². The van der Waals surface area contributed by atoms with E-state index < -0.39 is 10.0 Å². The number of carbonyl (C=O) groups excluding carboxylic acids is 2. The third-order valence-corrected chi connectivity index (χ3v) is 7.17. The molecule has 0 aromatic heterocycles. The Morgan fingerprint density at radius 1 is 1.27 bits per heavy atom. The van der Waals surface area contributed by atoms with Crippen LogP contribution >= 0.6 is 11.8 Å². The average molecular weight is 399 g/mol. The molecule has 142 valence electrons. The van der Waals surface area contributed by atoms with Crippen molar-refractivity contribution in [2.45, 2.75) is 47.9 Å². The molecule has 6 N–H and O–H groups in total. The predicted octanol–water partition coefficient (Wildman–Crippen LogP) is 0.825. The maximum absolute atomic E-state index is 12.4. The number of Topliss-reactive ketones (excluding diaryl/α,β-unsaturated/α-hetero) is 1. The Balaban J connectivity index is 1.54. The van der Waals surface area contributed by atoms with E-state index in [2.05, 4.69) is 10.6 Å². The number of anilines is 1. The average Bonchev–Trinajstić information content (AvgIpc) is 3.09. The van der Waals surface area contributed by atoms with Crippen LogP contribution in [0.3, 0.4) is 0 Å². The molecular formula is C16H22N4O4S2. The molecule has 10 heteroatoms. The molecule has 3 rings (SSSR count). The van der Waals surface area contributed by atoms with Crippen molar-refractivity contribution in [2.75, 3.05) is 11.5 Å². The maximum atomic E-state index is 12.4. The number of rotatable bonds is 7. The van der Waals surface area contributed by atoms with Gasteiger partial charge in [0.15, 0.2) is 5.78 Å². The lowest BCUT2D eigenvalue weighted by molar-refractivity contribution is 0.0976. The molecule has 2 amide bonds. The second-order valence-corrected chi connectivity index (χ2v) is 9.39. The number of carbonyl (C=O) groups is 2. The van der Waals surface area contributed by atoms with Gasteiger partial charge in [-0.15, -0.1) is 0 Å². The molecule has 0 saturated carbocycles. The fourth-order valence-electron chi connectivity index (χ4n) is 3.42. The first-order chi connectivity index (χ1) is 12.3. The van der Waals surface area contributed by atoms with E-state index in [1.54, 1.807) is 0 Å². The van der Waals surface area contributed by atoms with Crippen LogP contribution in [0.4, 0.5) is 10.5 Å². The second-order valence-electron chi connectivity index (χ2n) is 6.59. The summed E-state index contributed by atoms with van der Waals surface area (Å²) in [4.78, 5) is 23.6. The zero-order chi connectivity index (χ0) is 18.9. The summed E-state index contributed by atoms with van der Waals surface area (Å²) in [6, 6.07) is 4.25. The predicted molar refractivity (Wildman–Crippen MR) is 101 cm³/mol. The molecule has 26 heavy (non-hydrogen) atoms. The number of nitrogens with two attached hydrogens (primary N) is 2. The van der Waals surface area contributed by atoms with Crippen molar-refractivity contribution in [1.82, 2.24) is 10.6 Å². The number of sulfonamides is 1. The van der Waals surface area contributed by atoms with Gasteiger partial charge in [-0.3, -0.25) is 4.79 Å². The largest absolute Gasteiger partial charge is 0.399 e. The summed E-state index contributed by atoms with van der Waals surface area (Å²) in [6.07, 6.45) is 2.56. The van der Waals surface area contributed by atoms with Crippen molar-refractivity contribution in [3.8, 4) is 0 Å². The number of hydrogen-bond donors (Lipinski definition) is 4. The van der Waals surface area contributed by atoms with Crippen LogP contribution in [0.15, 0.2) is 23.1 Å². The fraction of sp³-hybridized carbons (Fsp3) is 0.500. The minimum atomic E-state index is -3.98. The number of unbranched alkanes of at least 4 members (excludes halogenated alkanes) is 1. The smallest absolute Gasteiger partial charge is 0.315 e. The molecule has 0 bridgehead atoms. The Hall–Kier alpha value is -1.78. The van der Waals surface area contributed by atoms with Crippen molar-refractivity contribution in [1.29, 1.82) is 0 Å². The zero-order valence-corrected chi connectivity index (χ0v) is 15.7. The van der Waals surface area contributed by atoms with Crippen molar-refractivity contribution in [3.05, 3.63) is 23.8 Å². The van der Waals surface area contributed by atoms with Crippen molar-refractivity contribution >= 4 is 39.3 Å². The molecule has 0 aliphatic carbocycles. The van der Waals surface area contributed by atoms with Crippen LogP contribution in [0.25, 0.3) is 0 Å². The topological polar surface area (TPSA) is 144 Å². The lowest BCUT2D eigenvalue weighted by Crippen LogP contribution is -2.36. The number of thioether (sulfide) groups is 1. The van der Waals surface area contributed by atoms with Crippen LogP contribution in [0.5, 0.6) is 0 Å². The number of amides is 2. The number of benzene rings is 1. The molecule has 2 aliphatic rings. The van der Waals surface area contributed by atoms with Gasteiger partial charge in [-0.2, -0.15) is 11.8 Å². The van der Waals surface area contributed by atoms with E-state index in [9.17, 15) is 18.0 Å². The third-order valence-electron chi connectivity index (χ3n) is 4.69. The Kier molecular flexibility index (Phi) is 5.44. The van der Waals surface area contributed by atoms with Gasteiger partial charge in [0.05, 0.1) is 17.0 Å². The third kappa shape index (κ3) is 4.13. The van der Waals surface area contributed by atoms with Gasteiger partial charge in [-0.05, 0) is 31.0 Å². The second kappa shape index (κ2) is 7.45. The first kappa shape index (κ1) is 19.0. The first-order valence-electron chi connectivity index (χ1n) is 8.40. The van der Waals surface area contributed by atoms with Crippen LogP contribution in [0.2, 0.25) is 0 Å². The van der Waals surface area contributed by atoms with Gasteiger partial charge in [-0.25, -0.2) is 18.4 Å². The van der Waals surface area contributed by atoms with Gasteiger partial charge in [-0.1, -0.05) is 6.42 Å². The molecular weight excluding hydrogens is 376 g/mol. The van der Waals surface area contributed by atoms with Gasteiger partial charge in [0.2, 0.25) is 10.0 Å². The highest BCUT2D eigenvalue weighted by molar-refractivity contribution is 8.00. The van der Waals surface area contributed by atoms with Crippen molar-refractivity contribution in [2.24, 2.45) is 5.14 Å². The van der Waals surface area contributed by atoms with Crippen molar-refractivity contribution in [3.63, 3.8) is 0 Å². The highest BCUT2D eigenvalue weighted by atomic mass is 32.2. The summed E-state index contributed by atoms with van der Waals surface area (Å²) in [6.45, 7) is 0. The number of nitrogen functional groups attached to an aromatic ring is 1. The number of hydrogen-bond acceptors (Lipinski definition) is 6. The molecule has 2 saturated heterocycles. The molecule has 0 radical (unpaired) electrons. The van der Waals surface area contributed by atoms with E-state index in [4.69, 9.17) is 10.9 Å². The summed E-state index contributed by atoms with van der Waals surface area (Å²) in [7, 11) is -3.98. The minimum Gasteiger partial charge on any atom is -0.399 e. The zero-order valence-electron chi connectivity index (χ0n) is 14.1. The van der Waals surface area contributed by atoms with E-state index in [1.165, 1.54) is 18.2 Å². The fourth-order valence-corrected chi connectivity index (χ4v) is 5.70. The lowest BCUT2D eigenvalue weighted by Gasteiger charge is -2.16. The summed E-state index contributed by atoms with van der Waals surface area (Å²) in [5, 5.41) is 11.3. The molecule has 8 nitrogen and oxygen atoms in total. The van der Waals surface area contributed by atoms with Gasteiger partial charge < -0.3 is 16.4 Å². The Morgan fingerprint density at radius 3 is 2.77 bits per heavy atom. The van der Waals surface area contributed by atoms with E-state index in [1.807, 2.05) is 11.8 Å². The van der Waals surface area contributed by atoms with Crippen LogP contribution < -0.4 is 21.5 Å². The maximum Gasteiger partial charge on any atom is 0.315 e. The number of primary sulfonamides is 1. The number of ketones is 1. The number of urea groups is 1. The quantitative estimate of drug-likeness (QED) is 0.232. The Morgan fingerprint density at radius 2 is 2.04 bits per heavy atom. The van der Waals surface area contributed by atoms with Gasteiger partial charge in [0.1, 0.15) is 0 Å². The molecule has 0 spiro atoms. The molecule has 2 fully saturated rings. The molecule has 1 aromatic carbocycles. The minimum absolute atomic E-state index is 0.0510. The Labute approximate surface area is 156 Å². The summed E-state index contributed by atoms with van der Waals surface area (Å²) >= 11 is 1.82. The molecule has 2 aliphatic heterocycles. The molecule has 3 atom stereocenters. The molecule has 2 heterocycles. The highest BCUT2D eigenvalue weighted by Gasteiger charge is 2.42. The van der Waals surface area contributed by atoms with Crippen molar-refractivity contribution < 1.29 is 18.0 Å². The Bertz CT molecular complexity index is 828. The van der Waals surface area contributed by atoms with E-state index in [-0.39, 0.29) is 40.8 Å². The summed E-state index contributed by atoms with van der Waals surface area (Å²) in [5.41, 5.74) is 6.04. The molecule has 0 unspecified atom stereocenters. The highest BCUT2D eigenvalue weighted by Crippen LogP contribution is 2.33. The van der Waals surface area contributed by atoms with Gasteiger partial charge in [0.25, 0.3) is 0 Å². The van der Waals surface area contributed by atoms with Gasteiger partial charge in [0, 0.05) is 28.7 Å². The van der Waals surface area contributed by atoms with E-state index in [0.717, 1.165) is 18.6 Å². The monoisotopic (exact) mass is 398 g/mol. The SMILES string of the molecule is Nc1ccc(S(N)(=O)=O)c(C(=O)CCCC[C@@H]2SC[C@@H]3NC(=O)N[C@@H]32)c1. The van der Waals surface area contributed by atoms with E-state index >= 15 is 0 Å². The van der Waals surface area contributed by atoms with Gasteiger partial charge >= 0.3 is 6.03 Å². The van der Waals surface area contributed by atoms with E-state index in [0.29, 0.717) is 17.4 Å². The number of nitrogens with one attached hydrogen (secondary N) is 2. The van der Waals surface area contributed by atoms with Crippen LogP contribution in [-0.4, -0.2) is 43.3 Å². The van der Waals surface area contributed by atoms with Crippen LogP contribution in [0, 0.1) is 0 Å². The molecule has 1 aromatic rings. The first-order valence-corrected chi connectivity index (χ1v) is 11.0. The standard InChI is InChI=1S/C16H22N4O4S2/c17-9-5-6-14(26(18,23)24)10(7-9)12(21)3-1-2-4-13-15-11(8-25-13)19-16(22)20-15/h5-7,11,13,15H,1-4,8,17H2,(H2,18,23,24)(H2,19,20,22)/t11-,13-,15-/m0/s1. The number of fused-ring (bicyclic) bond motifs is 1. The summed E-state index contributed by atoms with van der Waals surface area (Å²) < 4.78 is 23.3. The lowest BCUT2D eigenvalue weighted by atomic mass is 10.0.